The second kappa shape index (κ2) is 24.1. The number of halogens is 2. The summed E-state index contributed by atoms with van der Waals surface area (Å²) < 4.78 is 8.47. The molecule has 0 atom stereocenters. The van der Waals surface area contributed by atoms with E-state index in [-0.39, 0.29) is 44.8 Å². The predicted molar refractivity (Wildman–Crippen MR) is 293 cm³/mol. The highest BCUT2D eigenvalue weighted by Gasteiger charge is 2.61. The van der Waals surface area contributed by atoms with Gasteiger partial charge < -0.3 is 57.9 Å². The van der Waals surface area contributed by atoms with Gasteiger partial charge in [0.05, 0.1) is 59.0 Å². The zero-order chi connectivity index (χ0) is 48.7. The Hall–Kier alpha value is -4.34. The van der Waals surface area contributed by atoms with Gasteiger partial charge in [0.2, 0.25) is 0 Å². The maximum absolute atomic E-state index is 13.2. The van der Waals surface area contributed by atoms with Crippen LogP contribution >= 0.6 is 0 Å². The summed E-state index contributed by atoms with van der Waals surface area (Å²) in [4.78, 5) is 0. The van der Waals surface area contributed by atoms with Gasteiger partial charge in [-0.2, -0.15) is 0 Å². The van der Waals surface area contributed by atoms with Gasteiger partial charge in [0.15, 0.2) is 0 Å². The maximum Gasteiger partial charge on any atom is 0.121 e. The summed E-state index contributed by atoms with van der Waals surface area (Å²) >= 11 is 0. The number of ether oxygens (including phenoxy) is 1. The lowest BCUT2D eigenvalue weighted by Gasteiger charge is -2.60. The molecule has 7 heteroatoms. The van der Waals surface area contributed by atoms with Gasteiger partial charge in [0.1, 0.15) is 17.0 Å². The van der Waals surface area contributed by atoms with Gasteiger partial charge in [0.25, 0.3) is 0 Å². The second-order valence-electron chi connectivity index (χ2n) is 22.4. The molecule has 6 aliphatic rings. The van der Waals surface area contributed by atoms with E-state index >= 15 is 0 Å². The van der Waals surface area contributed by atoms with Gasteiger partial charge in [-0.05, 0) is 80.9 Å². The normalized spacial score (nSPS) is 23.2. The molecule has 4 bridgehead atoms. The number of unbranched alkanes of at least 4 members (excludes halogenated alkanes) is 6. The number of rotatable bonds is 19. The molecular formula is C66H80Br2N2O3. The van der Waals surface area contributed by atoms with E-state index < -0.39 is 11.2 Å². The third kappa shape index (κ3) is 11.2. The minimum atomic E-state index is -1.05. The van der Waals surface area contributed by atoms with Crippen molar-refractivity contribution in [3.8, 4) is 5.75 Å². The standard InChI is InChI=1S/C37H38NO2.C29H42NO.2BrH/c39-37(33-17-15-29-9-4-6-11-31(29)27-33,34-18-16-30-10-5-7-12-32(30)28-34)36-19-23-38(24-20-36,25-21-36)22-8-26-40-35-13-2-1-3-14-35;1-2-3-4-5-6-7-14-22-30-23-19-28(20-24-30,21-25-30)29(31,26-15-10-8-11-16-26)27-17-12-9-13-18-27;;/h1-7,9-18,27-28,39H,8,19-26H2;8-13,15-18,31H,2-7,14,19-25H2,1H3;2*1H/q2*+1;;/p-2. The number of benzene rings is 7. The summed E-state index contributed by atoms with van der Waals surface area (Å²) in [5.41, 5.74) is 2.01. The molecule has 6 heterocycles. The Balaban J connectivity index is 0.000000196. The molecule has 7 aromatic carbocycles. The van der Waals surface area contributed by atoms with Crippen LogP contribution in [-0.2, 0) is 11.2 Å². The Morgan fingerprint density at radius 3 is 1.19 bits per heavy atom. The minimum absolute atomic E-state index is 0. The van der Waals surface area contributed by atoms with Crippen LogP contribution < -0.4 is 38.7 Å². The van der Waals surface area contributed by atoms with Crippen molar-refractivity contribution >= 4 is 21.5 Å². The van der Waals surface area contributed by atoms with Crippen molar-refractivity contribution in [3.05, 3.63) is 198 Å². The molecule has 0 amide bonds. The van der Waals surface area contributed by atoms with Crippen LogP contribution in [0.5, 0.6) is 5.75 Å². The van der Waals surface area contributed by atoms with Crippen LogP contribution in [-0.4, -0.2) is 78.1 Å². The van der Waals surface area contributed by atoms with Crippen molar-refractivity contribution in [2.45, 2.75) is 108 Å². The molecule has 6 saturated heterocycles. The first-order chi connectivity index (χ1) is 34.7. The van der Waals surface area contributed by atoms with Crippen LogP contribution in [0.25, 0.3) is 21.5 Å². The number of hydrogen-bond donors (Lipinski definition) is 2. The quantitative estimate of drug-likeness (QED) is 0.0633. The first-order valence-electron chi connectivity index (χ1n) is 27.7. The van der Waals surface area contributed by atoms with Crippen molar-refractivity contribution in [1.29, 1.82) is 0 Å². The fraction of sp³-hybridized carbons (Fsp3) is 0.424. The molecule has 386 valence electrons. The summed E-state index contributed by atoms with van der Waals surface area (Å²) in [6.45, 7) is 12.6. The van der Waals surface area contributed by atoms with E-state index in [1.54, 1.807) is 0 Å². The van der Waals surface area contributed by atoms with Crippen molar-refractivity contribution in [1.82, 2.24) is 0 Å². The molecule has 0 aromatic heterocycles. The highest BCUT2D eigenvalue weighted by Crippen LogP contribution is 2.59. The molecule has 0 aliphatic carbocycles. The van der Waals surface area contributed by atoms with E-state index in [1.807, 2.05) is 30.3 Å². The molecule has 13 rings (SSSR count). The first-order valence-corrected chi connectivity index (χ1v) is 27.7. The highest BCUT2D eigenvalue weighted by atomic mass is 79.9. The Morgan fingerprint density at radius 1 is 0.397 bits per heavy atom. The lowest BCUT2D eigenvalue weighted by Crippen LogP contribution is -3.00. The number of quaternary nitrogens is 2. The van der Waals surface area contributed by atoms with Crippen LogP contribution in [0.1, 0.15) is 119 Å². The number of aliphatic hydroxyl groups is 2. The summed E-state index contributed by atoms with van der Waals surface area (Å²) in [6, 6.07) is 61.3. The minimum Gasteiger partial charge on any atom is -1.00 e. The van der Waals surface area contributed by atoms with Crippen LogP contribution in [0.3, 0.4) is 0 Å². The van der Waals surface area contributed by atoms with Gasteiger partial charge in [-0.25, -0.2) is 0 Å². The zero-order valence-corrected chi connectivity index (χ0v) is 46.6. The van der Waals surface area contributed by atoms with Crippen LogP contribution in [0.15, 0.2) is 176 Å². The van der Waals surface area contributed by atoms with E-state index in [2.05, 4.69) is 153 Å². The molecule has 0 spiro atoms. The maximum atomic E-state index is 13.2. The molecular weight excluding hydrogens is 1030 g/mol. The van der Waals surface area contributed by atoms with Gasteiger partial charge in [-0.15, -0.1) is 0 Å². The van der Waals surface area contributed by atoms with Crippen molar-refractivity contribution in [2.75, 3.05) is 59.0 Å². The Labute approximate surface area is 458 Å². The average molecular weight is 1110 g/mol. The smallest absolute Gasteiger partial charge is 0.121 e. The summed E-state index contributed by atoms with van der Waals surface area (Å²) in [7, 11) is 0. The third-order valence-corrected chi connectivity index (χ3v) is 18.7. The Bertz CT molecular complexity index is 2650. The van der Waals surface area contributed by atoms with Crippen molar-refractivity contribution < 1.29 is 57.9 Å². The topological polar surface area (TPSA) is 49.7 Å². The van der Waals surface area contributed by atoms with Gasteiger partial charge in [-0.1, -0.05) is 191 Å². The fourth-order valence-electron chi connectivity index (χ4n) is 14.1. The number of piperidine rings is 6. The van der Waals surface area contributed by atoms with Crippen molar-refractivity contribution in [3.63, 3.8) is 0 Å². The molecule has 0 unspecified atom stereocenters. The summed E-state index contributed by atoms with van der Waals surface area (Å²) in [6.07, 6.45) is 17.3. The van der Waals surface area contributed by atoms with Gasteiger partial charge in [-0.3, -0.25) is 0 Å². The fourth-order valence-corrected chi connectivity index (χ4v) is 14.1. The number of para-hydroxylation sites is 1. The molecule has 5 nitrogen and oxygen atoms in total. The van der Waals surface area contributed by atoms with Crippen LogP contribution in [0, 0.1) is 10.8 Å². The van der Waals surface area contributed by atoms with Gasteiger partial charge in [0, 0.05) is 55.8 Å². The molecule has 6 aliphatic heterocycles. The van der Waals surface area contributed by atoms with Gasteiger partial charge >= 0.3 is 0 Å². The lowest BCUT2D eigenvalue weighted by atomic mass is 9.56. The zero-order valence-electron chi connectivity index (χ0n) is 43.5. The molecule has 0 radical (unpaired) electrons. The third-order valence-electron chi connectivity index (χ3n) is 18.7. The van der Waals surface area contributed by atoms with E-state index in [0.29, 0.717) is 0 Å². The molecule has 73 heavy (non-hydrogen) atoms. The lowest BCUT2D eigenvalue weighted by molar-refractivity contribution is -0.946. The van der Waals surface area contributed by atoms with E-state index in [0.717, 1.165) is 110 Å². The van der Waals surface area contributed by atoms with E-state index in [1.165, 1.54) is 97.2 Å². The number of hydrogen-bond acceptors (Lipinski definition) is 3. The van der Waals surface area contributed by atoms with Crippen LogP contribution in [0.2, 0.25) is 0 Å². The molecule has 7 aromatic rings. The monoisotopic (exact) mass is 1110 g/mol. The number of fused-ring (bicyclic) bond motifs is 8. The van der Waals surface area contributed by atoms with E-state index in [9.17, 15) is 10.2 Å². The highest BCUT2D eigenvalue weighted by molar-refractivity contribution is 5.85. The second-order valence-corrected chi connectivity index (χ2v) is 22.4. The molecule has 6 fully saturated rings. The van der Waals surface area contributed by atoms with Crippen molar-refractivity contribution in [2.24, 2.45) is 10.8 Å². The summed E-state index contributed by atoms with van der Waals surface area (Å²) in [5, 5.41) is 30.4. The Morgan fingerprint density at radius 2 is 0.753 bits per heavy atom. The van der Waals surface area contributed by atoms with Crippen LogP contribution in [0.4, 0.5) is 0 Å². The first kappa shape index (κ1) is 54.9. The SMILES string of the molecule is CCCCCCCCC[N+]12CCC(C(O)(c3ccccc3)c3ccccc3)(CC1)CC2.OC(c1ccc2ccccc2c1)(c1ccc2ccccc2c1)C12CC[N+](CCCOc3ccccc3)(CC1)CC2.[Br-].[Br-]. The summed E-state index contributed by atoms with van der Waals surface area (Å²) in [5.74, 6) is 0.953. The predicted octanol–water partition coefficient (Wildman–Crippen LogP) is 8.38. The largest absolute Gasteiger partial charge is 1.00 e. The number of nitrogens with zero attached hydrogens (tertiary/aromatic N) is 2. The Kier molecular flexibility index (Phi) is 18.1. The molecule has 2 N–H and O–H groups in total. The molecule has 0 saturated carbocycles. The average Bonchev–Trinajstić information content (AvgIpc) is 3.45. The van der Waals surface area contributed by atoms with E-state index in [4.69, 9.17) is 4.74 Å².